The van der Waals surface area contributed by atoms with Crippen molar-refractivity contribution in [1.82, 2.24) is 4.98 Å². The van der Waals surface area contributed by atoms with Crippen molar-refractivity contribution in [2.75, 3.05) is 4.90 Å². The van der Waals surface area contributed by atoms with Gasteiger partial charge in [0.05, 0.1) is 28.5 Å². The molecular formula is C22H21FN2O. The predicted octanol–water partition coefficient (Wildman–Crippen LogP) is 5.36. The second-order valence-electron chi connectivity index (χ2n) is 7.91. The molecule has 26 heavy (non-hydrogen) atoms. The van der Waals surface area contributed by atoms with Crippen molar-refractivity contribution in [2.24, 2.45) is 5.41 Å². The third-order valence-electron chi connectivity index (χ3n) is 6.02. The maximum atomic E-state index is 14.9. The molecule has 0 bridgehead atoms. The Morgan fingerprint density at radius 3 is 2.46 bits per heavy atom. The molecule has 0 radical (unpaired) electrons. The first-order valence-corrected chi connectivity index (χ1v) is 8.73. The molecule has 132 valence electrons. The molecule has 0 saturated carbocycles. The smallest absolute Gasteiger partial charge is 0.238 e. The molecule has 3 nitrogen and oxygen atoms in total. The number of pyridine rings is 1. The summed E-state index contributed by atoms with van der Waals surface area (Å²) in [4.78, 5) is 19.4. The van der Waals surface area contributed by atoms with Gasteiger partial charge in [0.1, 0.15) is 5.82 Å². The number of aromatic nitrogens is 1. The molecule has 0 fully saturated rings. The molecule has 4 heteroatoms. The molecule has 0 unspecified atom stereocenters. The highest BCUT2D eigenvalue weighted by atomic mass is 19.1. The maximum absolute atomic E-state index is 14.9. The first-order chi connectivity index (χ1) is 12.2. The first-order valence-electron chi connectivity index (χ1n) is 8.73. The van der Waals surface area contributed by atoms with Gasteiger partial charge in [0, 0.05) is 10.8 Å². The lowest BCUT2D eigenvalue weighted by Gasteiger charge is -2.49. The fourth-order valence-corrected chi connectivity index (χ4v) is 3.66. The quantitative estimate of drug-likeness (QED) is 0.593. The summed E-state index contributed by atoms with van der Waals surface area (Å²) in [5, 5.41) is 0.915. The minimum absolute atomic E-state index is 0.128. The fraction of sp³-hybridized carbons (Fsp3) is 0.273. The highest BCUT2D eigenvalue weighted by Crippen LogP contribution is 2.53. The second-order valence-corrected chi connectivity index (χ2v) is 7.91. The zero-order chi connectivity index (χ0) is 18.7. The van der Waals surface area contributed by atoms with Gasteiger partial charge in [-0.15, -0.1) is 0 Å². The zero-order valence-electron chi connectivity index (χ0n) is 15.4. The highest BCUT2D eigenvalue weighted by molar-refractivity contribution is 6.08. The molecule has 0 N–H and O–H groups in total. The van der Waals surface area contributed by atoms with Gasteiger partial charge in [-0.1, -0.05) is 58.0 Å². The lowest BCUT2D eigenvalue weighted by molar-refractivity contribution is -0.129. The van der Waals surface area contributed by atoms with Crippen molar-refractivity contribution >= 4 is 28.2 Å². The summed E-state index contributed by atoms with van der Waals surface area (Å²) < 4.78 is 14.9. The number of fused-ring (bicyclic) bond motifs is 2. The van der Waals surface area contributed by atoms with E-state index in [0.29, 0.717) is 11.4 Å². The van der Waals surface area contributed by atoms with Crippen molar-refractivity contribution in [3.05, 3.63) is 66.1 Å². The maximum Gasteiger partial charge on any atom is 0.238 e. The van der Waals surface area contributed by atoms with Crippen LogP contribution >= 0.6 is 0 Å². The molecule has 4 rings (SSSR count). The number of carbonyl (C=O) groups excluding carboxylic acids is 1. The molecule has 1 amide bonds. The Morgan fingerprint density at radius 2 is 1.69 bits per heavy atom. The summed E-state index contributed by atoms with van der Waals surface area (Å²) in [7, 11) is 0. The lowest BCUT2D eigenvalue weighted by Crippen LogP contribution is -2.54. The molecule has 2 heterocycles. The van der Waals surface area contributed by atoms with Crippen LogP contribution in [0.15, 0.2) is 54.7 Å². The van der Waals surface area contributed by atoms with Crippen LogP contribution in [0.3, 0.4) is 0 Å². The van der Waals surface area contributed by atoms with Gasteiger partial charge in [0.2, 0.25) is 5.91 Å². The summed E-state index contributed by atoms with van der Waals surface area (Å²) in [6.45, 7) is 7.84. The molecular weight excluding hydrogens is 327 g/mol. The number of para-hydroxylation sites is 2. The highest BCUT2D eigenvalue weighted by Gasteiger charge is 2.53. The van der Waals surface area contributed by atoms with Gasteiger partial charge in [-0.3, -0.25) is 14.7 Å². The van der Waals surface area contributed by atoms with Gasteiger partial charge in [0.15, 0.2) is 0 Å². The van der Waals surface area contributed by atoms with Gasteiger partial charge < -0.3 is 0 Å². The number of anilines is 2. The molecule has 0 saturated heterocycles. The fourth-order valence-electron chi connectivity index (χ4n) is 3.66. The van der Waals surface area contributed by atoms with Gasteiger partial charge in [-0.2, -0.15) is 0 Å². The summed E-state index contributed by atoms with van der Waals surface area (Å²) in [5.74, 6) is -0.523. The van der Waals surface area contributed by atoms with Crippen LogP contribution in [0, 0.1) is 11.2 Å². The van der Waals surface area contributed by atoms with Crippen molar-refractivity contribution in [3.63, 3.8) is 0 Å². The Morgan fingerprint density at radius 1 is 0.962 bits per heavy atom. The normalized spacial score (nSPS) is 18.0. The Bertz CT molecular complexity index is 1040. The second kappa shape index (κ2) is 5.37. The summed E-state index contributed by atoms with van der Waals surface area (Å²) in [5.41, 5.74) is 1.40. The minimum Gasteiger partial charge on any atom is -0.276 e. The minimum atomic E-state index is -0.695. The van der Waals surface area contributed by atoms with E-state index in [0.717, 1.165) is 16.5 Å². The van der Waals surface area contributed by atoms with E-state index in [9.17, 15) is 9.18 Å². The standard InChI is InChI=1S/C22H21FN2O/c1-21(2)16-9-7-10-17(23)19(16)25(20(26)22(21,3)4)15-12-14-8-5-6-11-18(14)24-13-15/h5-13H,1-4H3. The Kier molecular flexibility index (Phi) is 3.45. The number of halogens is 1. The monoisotopic (exact) mass is 348 g/mol. The van der Waals surface area contributed by atoms with Crippen molar-refractivity contribution in [2.45, 2.75) is 33.1 Å². The number of nitrogens with zero attached hydrogens (tertiary/aromatic N) is 2. The van der Waals surface area contributed by atoms with E-state index in [4.69, 9.17) is 0 Å². The molecule has 1 aliphatic heterocycles. The Balaban J connectivity index is 2.02. The van der Waals surface area contributed by atoms with Crippen LogP contribution in [-0.4, -0.2) is 10.9 Å². The topological polar surface area (TPSA) is 33.2 Å². The average molecular weight is 348 g/mol. The van der Waals surface area contributed by atoms with Crippen LogP contribution in [0.5, 0.6) is 0 Å². The number of hydrogen-bond donors (Lipinski definition) is 0. The zero-order valence-corrected chi connectivity index (χ0v) is 15.4. The summed E-state index contributed by atoms with van der Waals surface area (Å²) >= 11 is 0. The number of carbonyl (C=O) groups is 1. The van der Waals surface area contributed by atoms with Crippen molar-refractivity contribution in [3.8, 4) is 0 Å². The lowest BCUT2D eigenvalue weighted by atomic mass is 9.60. The molecule has 0 atom stereocenters. The van der Waals surface area contributed by atoms with Gasteiger partial charge >= 0.3 is 0 Å². The number of amides is 1. The Hall–Kier alpha value is -2.75. The number of rotatable bonds is 1. The Labute approximate surface area is 152 Å². The van der Waals surface area contributed by atoms with Crippen LogP contribution in [0.2, 0.25) is 0 Å². The van der Waals surface area contributed by atoms with E-state index in [-0.39, 0.29) is 5.91 Å². The van der Waals surface area contributed by atoms with E-state index in [1.54, 1.807) is 12.3 Å². The SMILES string of the molecule is CC1(C)C(=O)N(c2cnc3ccccc3c2)c2c(F)cccc2C1(C)C. The molecule has 0 spiro atoms. The molecule has 1 aliphatic rings. The van der Waals surface area contributed by atoms with Gasteiger partial charge in [-0.05, 0) is 23.8 Å². The van der Waals surface area contributed by atoms with Crippen LogP contribution in [-0.2, 0) is 10.2 Å². The van der Waals surface area contributed by atoms with Crippen LogP contribution in [0.4, 0.5) is 15.8 Å². The number of benzene rings is 2. The summed E-state index contributed by atoms with van der Waals surface area (Å²) in [6, 6.07) is 14.6. The molecule has 2 aromatic carbocycles. The van der Waals surface area contributed by atoms with Crippen molar-refractivity contribution < 1.29 is 9.18 Å². The van der Waals surface area contributed by atoms with E-state index in [1.807, 2.05) is 64.1 Å². The van der Waals surface area contributed by atoms with Crippen LogP contribution in [0.1, 0.15) is 33.3 Å². The molecule has 1 aromatic heterocycles. The molecule has 3 aromatic rings. The van der Waals surface area contributed by atoms with Gasteiger partial charge in [0.25, 0.3) is 0 Å². The summed E-state index contributed by atoms with van der Waals surface area (Å²) in [6.07, 6.45) is 1.64. The third-order valence-corrected chi connectivity index (χ3v) is 6.02. The van der Waals surface area contributed by atoms with Crippen molar-refractivity contribution in [1.29, 1.82) is 0 Å². The van der Waals surface area contributed by atoms with E-state index < -0.39 is 16.6 Å². The van der Waals surface area contributed by atoms with Gasteiger partial charge in [-0.25, -0.2) is 4.39 Å². The van der Waals surface area contributed by atoms with Crippen LogP contribution in [0.25, 0.3) is 10.9 Å². The van der Waals surface area contributed by atoms with Crippen LogP contribution < -0.4 is 4.90 Å². The predicted molar refractivity (Wildman–Crippen MR) is 102 cm³/mol. The van der Waals surface area contributed by atoms with E-state index in [2.05, 4.69) is 4.98 Å². The first kappa shape index (κ1) is 16.7. The average Bonchev–Trinajstić information content (AvgIpc) is 2.61. The third kappa shape index (κ3) is 2.11. The number of hydrogen-bond acceptors (Lipinski definition) is 2. The molecule has 0 aliphatic carbocycles. The largest absolute Gasteiger partial charge is 0.276 e. The van der Waals surface area contributed by atoms with E-state index in [1.165, 1.54) is 11.0 Å². The van der Waals surface area contributed by atoms with E-state index >= 15 is 0 Å².